The molecule has 6 heteroatoms. The number of nitrogens with one attached hydrogen (secondary N) is 1. The molecule has 1 fully saturated rings. The van der Waals surface area contributed by atoms with Crippen molar-refractivity contribution in [2.24, 2.45) is 4.99 Å². The Hall–Kier alpha value is -2.37. The van der Waals surface area contributed by atoms with Crippen molar-refractivity contribution in [3.8, 4) is 0 Å². The largest absolute Gasteiger partial charge is 0.463 e. The van der Waals surface area contributed by atoms with Gasteiger partial charge in [-0.1, -0.05) is 30.3 Å². The van der Waals surface area contributed by atoms with E-state index in [0.29, 0.717) is 6.54 Å². The summed E-state index contributed by atoms with van der Waals surface area (Å²) < 4.78 is 0. The first-order valence-corrected chi connectivity index (χ1v) is 5.06. The summed E-state index contributed by atoms with van der Waals surface area (Å²) in [6.45, 7) is 0.469. The molecule has 3 amide bonds. The number of hydrogen-bond acceptors (Lipinski definition) is 2. The van der Waals surface area contributed by atoms with Gasteiger partial charge in [0.15, 0.2) is 0 Å². The monoisotopic (exact) mass is 233 g/mol. The van der Waals surface area contributed by atoms with Crippen molar-refractivity contribution in [2.75, 3.05) is 6.54 Å². The Balaban J connectivity index is 2.18. The zero-order valence-corrected chi connectivity index (χ0v) is 8.96. The Morgan fingerprint density at radius 1 is 1.41 bits per heavy atom. The van der Waals surface area contributed by atoms with Gasteiger partial charge in [-0.2, -0.15) is 4.99 Å². The summed E-state index contributed by atoms with van der Waals surface area (Å²) in [6, 6.07) is 9.00. The van der Waals surface area contributed by atoms with Crippen molar-refractivity contribution >= 4 is 18.0 Å². The molecular weight excluding hydrogens is 222 g/mol. The molecule has 0 aliphatic carbocycles. The van der Waals surface area contributed by atoms with E-state index in [0.717, 1.165) is 5.56 Å². The van der Waals surface area contributed by atoms with Crippen molar-refractivity contribution < 1.29 is 14.7 Å². The molecule has 0 spiro atoms. The smallest absolute Gasteiger partial charge is 0.432 e. The van der Waals surface area contributed by atoms with E-state index in [1.165, 1.54) is 4.90 Å². The first-order chi connectivity index (χ1) is 8.16. The number of carbonyl (C=O) groups excluding carboxylic acids is 1. The SMILES string of the molecule is O=C(O)N=C1CNC(=O)N1Cc1ccccc1. The number of hydrogen-bond donors (Lipinski definition) is 2. The predicted octanol–water partition coefficient (Wildman–Crippen LogP) is 1.29. The minimum Gasteiger partial charge on any atom is -0.463 e. The summed E-state index contributed by atoms with van der Waals surface area (Å²) in [5.41, 5.74) is 0.919. The maximum absolute atomic E-state index is 11.5. The van der Waals surface area contributed by atoms with Crippen molar-refractivity contribution in [2.45, 2.75) is 6.54 Å². The van der Waals surface area contributed by atoms with Crippen molar-refractivity contribution in [1.82, 2.24) is 10.2 Å². The number of aliphatic imine (C=N–C) groups is 1. The lowest BCUT2D eigenvalue weighted by Gasteiger charge is -2.14. The lowest BCUT2D eigenvalue weighted by Crippen LogP contribution is -2.30. The fourth-order valence-corrected chi connectivity index (χ4v) is 1.60. The second-order valence-corrected chi connectivity index (χ2v) is 3.54. The van der Waals surface area contributed by atoms with Gasteiger partial charge in [-0.25, -0.2) is 9.59 Å². The van der Waals surface area contributed by atoms with Gasteiger partial charge < -0.3 is 10.4 Å². The van der Waals surface area contributed by atoms with Crippen LogP contribution in [0.4, 0.5) is 9.59 Å². The molecule has 2 N–H and O–H groups in total. The van der Waals surface area contributed by atoms with E-state index < -0.39 is 6.09 Å². The van der Waals surface area contributed by atoms with E-state index in [1.807, 2.05) is 30.3 Å². The lowest BCUT2D eigenvalue weighted by molar-refractivity contribution is 0.205. The van der Waals surface area contributed by atoms with Gasteiger partial charge in [-0.15, -0.1) is 0 Å². The maximum atomic E-state index is 11.5. The van der Waals surface area contributed by atoms with Crippen LogP contribution in [0.25, 0.3) is 0 Å². The third-order valence-electron chi connectivity index (χ3n) is 2.36. The summed E-state index contributed by atoms with van der Waals surface area (Å²) in [7, 11) is 0. The Labute approximate surface area is 97.6 Å². The Kier molecular flexibility index (Phi) is 3.04. The molecule has 1 aromatic carbocycles. The van der Waals surface area contributed by atoms with E-state index in [4.69, 9.17) is 5.11 Å². The number of amidine groups is 1. The van der Waals surface area contributed by atoms with E-state index in [9.17, 15) is 9.59 Å². The molecule has 2 rings (SSSR count). The van der Waals surface area contributed by atoms with Crippen LogP contribution in [0.3, 0.4) is 0 Å². The van der Waals surface area contributed by atoms with Gasteiger partial charge in [0.1, 0.15) is 5.84 Å². The highest BCUT2D eigenvalue weighted by Crippen LogP contribution is 2.09. The van der Waals surface area contributed by atoms with Gasteiger partial charge in [0, 0.05) is 0 Å². The van der Waals surface area contributed by atoms with E-state index >= 15 is 0 Å². The van der Waals surface area contributed by atoms with Gasteiger partial charge in [-0.05, 0) is 5.56 Å². The normalized spacial score (nSPS) is 17.3. The van der Waals surface area contributed by atoms with Crippen LogP contribution in [0, 0.1) is 0 Å². The highest BCUT2D eigenvalue weighted by molar-refractivity contribution is 6.07. The summed E-state index contributed by atoms with van der Waals surface area (Å²) in [5.74, 6) is 0.228. The number of benzene rings is 1. The van der Waals surface area contributed by atoms with Gasteiger partial charge in [0.05, 0.1) is 13.1 Å². The van der Waals surface area contributed by atoms with Crippen molar-refractivity contribution in [3.05, 3.63) is 35.9 Å². The standard InChI is InChI=1S/C11H11N3O3/c15-10-12-6-9(13-11(16)17)14(10)7-8-4-2-1-3-5-8/h1-5H,6-7H2,(H,12,15)(H,16,17). The van der Waals surface area contributed by atoms with E-state index in [2.05, 4.69) is 10.3 Å². The fourth-order valence-electron chi connectivity index (χ4n) is 1.60. The van der Waals surface area contributed by atoms with E-state index in [1.54, 1.807) is 0 Å². The first kappa shape index (κ1) is 11.1. The molecule has 0 unspecified atom stereocenters. The highest BCUT2D eigenvalue weighted by Gasteiger charge is 2.27. The van der Waals surface area contributed by atoms with Crippen molar-refractivity contribution in [1.29, 1.82) is 0 Å². The molecule has 1 saturated heterocycles. The summed E-state index contributed by atoms with van der Waals surface area (Å²) in [6.07, 6.45) is -1.30. The Morgan fingerprint density at radius 2 is 2.12 bits per heavy atom. The molecule has 0 aromatic heterocycles. The van der Waals surface area contributed by atoms with E-state index in [-0.39, 0.29) is 18.4 Å². The molecule has 1 heterocycles. The van der Waals surface area contributed by atoms with Gasteiger partial charge in [0.25, 0.3) is 0 Å². The zero-order valence-electron chi connectivity index (χ0n) is 8.96. The Morgan fingerprint density at radius 3 is 2.76 bits per heavy atom. The van der Waals surface area contributed by atoms with Crippen LogP contribution in [0.1, 0.15) is 5.56 Å². The predicted molar refractivity (Wildman–Crippen MR) is 60.8 cm³/mol. The first-order valence-electron chi connectivity index (χ1n) is 5.06. The van der Waals surface area contributed by atoms with Crippen LogP contribution in [-0.4, -0.2) is 34.5 Å². The molecule has 0 radical (unpaired) electrons. The molecule has 0 atom stereocenters. The third kappa shape index (κ3) is 2.60. The van der Waals surface area contributed by atoms with Crippen molar-refractivity contribution in [3.63, 3.8) is 0 Å². The number of nitrogens with zero attached hydrogens (tertiary/aromatic N) is 2. The molecule has 17 heavy (non-hydrogen) atoms. The minimum absolute atomic E-state index is 0.151. The van der Waals surface area contributed by atoms with Gasteiger partial charge >= 0.3 is 12.1 Å². The second-order valence-electron chi connectivity index (χ2n) is 3.54. The number of amides is 3. The van der Waals surface area contributed by atoms with Crippen LogP contribution in [0.2, 0.25) is 0 Å². The topological polar surface area (TPSA) is 82.0 Å². The number of urea groups is 1. The molecular formula is C11H11N3O3. The summed E-state index contributed by atoms with van der Waals surface area (Å²) in [4.78, 5) is 26.7. The molecule has 0 bridgehead atoms. The molecule has 1 aliphatic heterocycles. The van der Waals surface area contributed by atoms with Crippen LogP contribution in [0.15, 0.2) is 35.3 Å². The number of carboxylic acid groups (broad SMARTS) is 1. The quantitative estimate of drug-likeness (QED) is 0.807. The maximum Gasteiger partial charge on any atom is 0.432 e. The van der Waals surface area contributed by atoms with Gasteiger partial charge in [0.2, 0.25) is 0 Å². The number of rotatable bonds is 2. The minimum atomic E-state index is -1.30. The summed E-state index contributed by atoms with van der Waals surface area (Å²) in [5, 5.41) is 11.1. The average molecular weight is 233 g/mol. The molecule has 1 aromatic rings. The fraction of sp³-hybridized carbons (Fsp3) is 0.182. The molecule has 88 valence electrons. The van der Waals surface area contributed by atoms with Crippen LogP contribution in [-0.2, 0) is 6.54 Å². The second kappa shape index (κ2) is 4.65. The van der Waals surface area contributed by atoms with Crippen LogP contribution in [0.5, 0.6) is 0 Å². The Bertz CT molecular complexity index is 470. The number of carbonyl (C=O) groups is 2. The third-order valence-corrected chi connectivity index (χ3v) is 2.36. The molecule has 6 nitrogen and oxygen atoms in total. The molecule has 1 aliphatic rings. The van der Waals surface area contributed by atoms with Gasteiger partial charge in [-0.3, -0.25) is 4.90 Å². The molecule has 0 saturated carbocycles. The average Bonchev–Trinajstić information content (AvgIpc) is 2.62. The highest BCUT2D eigenvalue weighted by atomic mass is 16.4. The van der Waals surface area contributed by atoms with Crippen LogP contribution >= 0.6 is 0 Å². The summed E-state index contributed by atoms with van der Waals surface area (Å²) >= 11 is 0. The lowest BCUT2D eigenvalue weighted by atomic mass is 10.2. The van der Waals surface area contributed by atoms with Crippen LogP contribution < -0.4 is 5.32 Å². The zero-order chi connectivity index (χ0) is 12.3.